The van der Waals surface area contributed by atoms with Crippen LogP contribution in [0.1, 0.15) is 12.6 Å². The lowest BCUT2D eigenvalue weighted by molar-refractivity contribution is 1.19. The summed E-state index contributed by atoms with van der Waals surface area (Å²) in [5.74, 6) is 0. The van der Waals surface area contributed by atoms with Gasteiger partial charge in [0.2, 0.25) is 0 Å². The van der Waals surface area contributed by atoms with Gasteiger partial charge in [-0.1, -0.05) is 6.58 Å². The van der Waals surface area contributed by atoms with Gasteiger partial charge in [0.05, 0.1) is 11.9 Å². The predicted molar refractivity (Wildman–Crippen MR) is 52.0 cm³/mol. The Hall–Kier alpha value is -1.77. The number of fused-ring (bicyclic) bond motifs is 1. The third-order valence-corrected chi connectivity index (χ3v) is 1.75. The van der Waals surface area contributed by atoms with E-state index in [1.54, 1.807) is 12.4 Å². The van der Waals surface area contributed by atoms with Gasteiger partial charge in [-0.25, -0.2) is 15.0 Å². The lowest BCUT2D eigenvalue weighted by Gasteiger charge is -1.99. The van der Waals surface area contributed by atoms with Gasteiger partial charge in [-0.3, -0.25) is 0 Å². The molecule has 0 spiro atoms. The van der Waals surface area contributed by atoms with E-state index < -0.39 is 0 Å². The first-order valence-corrected chi connectivity index (χ1v) is 4.01. The minimum atomic E-state index is 0.674. The van der Waals surface area contributed by atoms with Crippen molar-refractivity contribution in [3.63, 3.8) is 0 Å². The molecular weight excluding hydrogens is 162 g/mol. The average Bonchev–Trinajstić information content (AvgIpc) is 2.17. The van der Waals surface area contributed by atoms with E-state index in [9.17, 15) is 0 Å². The van der Waals surface area contributed by atoms with Crippen LogP contribution in [-0.4, -0.2) is 15.0 Å². The average molecular weight is 171 g/mol. The smallest absolute Gasteiger partial charge is 0.178 e. The van der Waals surface area contributed by atoms with Gasteiger partial charge < -0.3 is 0 Å². The van der Waals surface area contributed by atoms with E-state index in [1.165, 1.54) is 0 Å². The molecular formula is C10H9N3. The summed E-state index contributed by atoms with van der Waals surface area (Å²) < 4.78 is 0. The highest BCUT2D eigenvalue weighted by molar-refractivity contribution is 5.71. The summed E-state index contributed by atoms with van der Waals surface area (Å²) >= 11 is 0. The second kappa shape index (κ2) is 2.94. The molecule has 0 amide bonds. The zero-order chi connectivity index (χ0) is 9.26. The van der Waals surface area contributed by atoms with E-state index in [0.29, 0.717) is 5.65 Å². The van der Waals surface area contributed by atoms with E-state index in [-0.39, 0.29) is 0 Å². The number of rotatable bonds is 1. The number of nitrogens with zero attached hydrogens (tertiary/aromatic N) is 3. The Balaban J connectivity index is 2.69. The van der Waals surface area contributed by atoms with Crippen LogP contribution in [0.25, 0.3) is 16.7 Å². The first kappa shape index (κ1) is 7.86. The molecule has 0 fully saturated rings. The molecule has 0 aliphatic heterocycles. The summed E-state index contributed by atoms with van der Waals surface area (Å²) in [6.45, 7) is 5.72. The number of hydrogen-bond acceptors (Lipinski definition) is 3. The molecule has 0 aromatic carbocycles. The standard InChI is InChI=1S/C10H9N3/c1-7(2)9-6-12-10-8(13-9)4-3-5-11-10/h3-6H,1H2,2H3. The maximum absolute atomic E-state index is 4.35. The van der Waals surface area contributed by atoms with Crippen LogP contribution in [0.2, 0.25) is 0 Å². The van der Waals surface area contributed by atoms with Crippen molar-refractivity contribution >= 4 is 16.7 Å². The lowest BCUT2D eigenvalue weighted by Crippen LogP contribution is -1.91. The monoisotopic (exact) mass is 171 g/mol. The summed E-state index contributed by atoms with van der Waals surface area (Å²) in [5, 5.41) is 0. The zero-order valence-electron chi connectivity index (χ0n) is 7.36. The van der Waals surface area contributed by atoms with Crippen molar-refractivity contribution in [1.29, 1.82) is 0 Å². The van der Waals surface area contributed by atoms with Crippen LogP contribution < -0.4 is 0 Å². The molecule has 3 heteroatoms. The van der Waals surface area contributed by atoms with E-state index in [1.807, 2.05) is 19.1 Å². The van der Waals surface area contributed by atoms with Crippen LogP contribution in [0.3, 0.4) is 0 Å². The number of aromatic nitrogens is 3. The highest BCUT2D eigenvalue weighted by Crippen LogP contribution is 2.10. The van der Waals surface area contributed by atoms with Crippen LogP contribution in [0.4, 0.5) is 0 Å². The molecule has 0 bridgehead atoms. The highest BCUT2D eigenvalue weighted by atomic mass is 14.9. The maximum Gasteiger partial charge on any atom is 0.178 e. The van der Waals surface area contributed by atoms with Crippen molar-refractivity contribution in [2.24, 2.45) is 0 Å². The van der Waals surface area contributed by atoms with Crippen molar-refractivity contribution in [2.75, 3.05) is 0 Å². The van der Waals surface area contributed by atoms with Gasteiger partial charge in [0.25, 0.3) is 0 Å². The molecule has 0 saturated heterocycles. The summed E-state index contributed by atoms with van der Waals surface area (Å²) in [5.41, 5.74) is 3.22. The first-order chi connectivity index (χ1) is 6.27. The third-order valence-electron chi connectivity index (χ3n) is 1.75. The second-order valence-electron chi connectivity index (χ2n) is 2.88. The van der Waals surface area contributed by atoms with Crippen molar-refractivity contribution in [3.8, 4) is 0 Å². The quantitative estimate of drug-likeness (QED) is 0.659. The fourth-order valence-electron chi connectivity index (χ4n) is 1.06. The molecule has 2 rings (SSSR count). The molecule has 13 heavy (non-hydrogen) atoms. The van der Waals surface area contributed by atoms with Gasteiger partial charge in [0.1, 0.15) is 5.52 Å². The molecule has 0 N–H and O–H groups in total. The normalized spacial score (nSPS) is 10.2. The van der Waals surface area contributed by atoms with Crippen molar-refractivity contribution < 1.29 is 0 Å². The van der Waals surface area contributed by atoms with Gasteiger partial charge in [-0.05, 0) is 24.6 Å². The fourth-order valence-corrected chi connectivity index (χ4v) is 1.06. The highest BCUT2D eigenvalue weighted by Gasteiger charge is 1.99. The number of allylic oxidation sites excluding steroid dienone is 1. The van der Waals surface area contributed by atoms with E-state index in [0.717, 1.165) is 16.8 Å². The van der Waals surface area contributed by atoms with Crippen LogP contribution >= 0.6 is 0 Å². The number of pyridine rings is 1. The molecule has 0 aliphatic rings. The van der Waals surface area contributed by atoms with Crippen molar-refractivity contribution in [2.45, 2.75) is 6.92 Å². The Labute approximate surface area is 76.2 Å². The number of hydrogen-bond donors (Lipinski definition) is 0. The van der Waals surface area contributed by atoms with Crippen molar-refractivity contribution in [3.05, 3.63) is 36.8 Å². The lowest BCUT2D eigenvalue weighted by atomic mass is 10.2. The van der Waals surface area contributed by atoms with E-state index >= 15 is 0 Å². The van der Waals surface area contributed by atoms with Gasteiger partial charge >= 0.3 is 0 Å². The maximum atomic E-state index is 4.35. The topological polar surface area (TPSA) is 38.7 Å². The summed E-state index contributed by atoms with van der Waals surface area (Å²) in [6.07, 6.45) is 3.40. The van der Waals surface area contributed by atoms with Gasteiger partial charge in [-0.15, -0.1) is 0 Å². The molecule has 0 atom stereocenters. The van der Waals surface area contributed by atoms with Crippen LogP contribution in [0.5, 0.6) is 0 Å². The van der Waals surface area contributed by atoms with E-state index in [4.69, 9.17) is 0 Å². The molecule has 0 radical (unpaired) electrons. The Bertz CT molecular complexity index is 462. The summed E-state index contributed by atoms with van der Waals surface area (Å²) in [7, 11) is 0. The van der Waals surface area contributed by atoms with Crippen LogP contribution in [-0.2, 0) is 0 Å². The third kappa shape index (κ3) is 1.40. The Kier molecular flexibility index (Phi) is 1.77. The van der Waals surface area contributed by atoms with Gasteiger partial charge in [-0.2, -0.15) is 0 Å². The SMILES string of the molecule is C=C(C)c1cnc2ncccc2n1. The van der Waals surface area contributed by atoms with Crippen LogP contribution in [0, 0.1) is 0 Å². The molecule has 64 valence electrons. The molecule has 2 aromatic rings. The molecule has 3 nitrogen and oxygen atoms in total. The summed E-state index contributed by atoms with van der Waals surface area (Å²) in [6, 6.07) is 3.74. The molecule has 0 unspecified atom stereocenters. The Morgan fingerprint density at radius 3 is 3.00 bits per heavy atom. The van der Waals surface area contributed by atoms with Crippen LogP contribution in [0.15, 0.2) is 31.1 Å². The van der Waals surface area contributed by atoms with Gasteiger partial charge in [0.15, 0.2) is 5.65 Å². The molecule has 0 saturated carbocycles. The Morgan fingerprint density at radius 2 is 2.23 bits per heavy atom. The molecule has 2 heterocycles. The predicted octanol–water partition coefficient (Wildman–Crippen LogP) is 2.06. The van der Waals surface area contributed by atoms with Crippen molar-refractivity contribution in [1.82, 2.24) is 15.0 Å². The minimum absolute atomic E-state index is 0.674. The Morgan fingerprint density at radius 1 is 1.38 bits per heavy atom. The molecule has 2 aromatic heterocycles. The zero-order valence-corrected chi connectivity index (χ0v) is 7.36. The second-order valence-corrected chi connectivity index (χ2v) is 2.88. The van der Waals surface area contributed by atoms with E-state index in [2.05, 4.69) is 21.5 Å². The largest absolute Gasteiger partial charge is 0.243 e. The molecule has 0 aliphatic carbocycles. The first-order valence-electron chi connectivity index (χ1n) is 4.01. The fraction of sp³-hybridized carbons (Fsp3) is 0.100. The summed E-state index contributed by atoms with van der Waals surface area (Å²) in [4.78, 5) is 12.6. The minimum Gasteiger partial charge on any atom is -0.243 e. The van der Waals surface area contributed by atoms with Gasteiger partial charge in [0, 0.05) is 6.20 Å².